The Morgan fingerprint density at radius 3 is 2.61 bits per heavy atom. The first-order valence-corrected chi connectivity index (χ1v) is 5.66. The second-order valence-corrected chi connectivity index (χ2v) is 4.31. The Labute approximate surface area is 106 Å². The lowest BCUT2D eigenvalue weighted by molar-refractivity contribution is -0.124. The molecule has 0 radical (unpaired) electrons. The van der Waals surface area contributed by atoms with E-state index in [4.69, 9.17) is 5.73 Å². The minimum absolute atomic E-state index is 0.105. The number of hydrogen-bond donors (Lipinski definition) is 3. The highest BCUT2D eigenvalue weighted by molar-refractivity contribution is 5.99. The van der Waals surface area contributed by atoms with Crippen LogP contribution in [0.25, 0.3) is 0 Å². The molecule has 0 saturated heterocycles. The summed E-state index contributed by atoms with van der Waals surface area (Å²) in [6, 6.07) is 0. The van der Waals surface area contributed by atoms with Crippen LogP contribution in [0.15, 0.2) is 0 Å². The highest BCUT2D eigenvalue weighted by Gasteiger charge is 2.22. The SMILES string of the molecule is CNC(=O)C(C)CN(C)C(=O)c1c(N)n[nH]c1C. The molecule has 0 bridgehead atoms. The van der Waals surface area contributed by atoms with Crippen LogP contribution in [-0.2, 0) is 4.79 Å². The van der Waals surface area contributed by atoms with Gasteiger partial charge in [0.25, 0.3) is 5.91 Å². The van der Waals surface area contributed by atoms with E-state index in [-0.39, 0.29) is 23.6 Å². The number of nitrogen functional groups attached to an aromatic ring is 1. The molecule has 1 unspecified atom stereocenters. The minimum atomic E-state index is -0.280. The average molecular weight is 253 g/mol. The summed E-state index contributed by atoms with van der Waals surface area (Å²) in [6.07, 6.45) is 0. The molecule has 1 aromatic rings. The van der Waals surface area contributed by atoms with Crippen molar-refractivity contribution in [3.8, 4) is 0 Å². The van der Waals surface area contributed by atoms with E-state index in [0.717, 1.165) is 0 Å². The van der Waals surface area contributed by atoms with Gasteiger partial charge in [0.1, 0.15) is 5.56 Å². The summed E-state index contributed by atoms with van der Waals surface area (Å²) < 4.78 is 0. The van der Waals surface area contributed by atoms with Crippen molar-refractivity contribution >= 4 is 17.6 Å². The number of amides is 2. The third-order valence-electron chi connectivity index (χ3n) is 2.78. The van der Waals surface area contributed by atoms with E-state index in [9.17, 15) is 9.59 Å². The Morgan fingerprint density at radius 1 is 1.56 bits per heavy atom. The Kier molecular flexibility index (Phi) is 4.30. The predicted octanol–water partition coefficient (Wildman–Crippen LogP) is -0.246. The maximum atomic E-state index is 12.1. The third kappa shape index (κ3) is 2.79. The number of nitrogens with zero attached hydrogens (tertiary/aromatic N) is 2. The first kappa shape index (κ1) is 14.0. The van der Waals surface area contributed by atoms with E-state index >= 15 is 0 Å². The van der Waals surface area contributed by atoms with Gasteiger partial charge in [0.2, 0.25) is 5.91 Å². The molecule has 1 rings (SSSR count). The van der Waals surface area contributed by atoms with Crippen molar-refractivity contribution in [3.63, 3.8) is 0 Å². The van der Waals surface area contributed by atoms with Gasteiger partial charge in [-0.25, -0.2) is 0 Å². The van der Waals surface area contributed by atoms with Gasteiger partial charge in [-0.05, 0) is 6.92 Å². The highest BCUT2D eigenvalue weighted by atomic mass is 16.2. The van der Waals surface area contributed by atoms with Gasteiger partial charge in [0, 0.05) is 26.3 Å². The predicted molar refractivity (Wildman–Crippen MR) is 67.9 cm³/mol. The maximum Gasteiger partial charge on any atom is 0.259 e. The number of aryl methyl sites for hydroxylation is 1. The number of hydrogen-bond acceptors (Lipinski definition) is 4. The number of nitrogens with two attached hydrogens (primary N) is 1. The van der Waals surface area contributed by atoms with Crippen molar-refractivity contribution in [2.24, 2.45) is 5.92 Å². The van der Waals surface area contributed by atoms with Crippen molar-refractivity contribution in [1.29, 1.82) is 0 Å². The fourth-order valence-electron chi connectivity index (χ4n) is 1.73. The van der Waals surface area contributed by atoms with Gasteiger partial charge in [-0.15, -0.1) is 0 Å². The summed E-state index contributed by atoms with van der Waals surface area (Å²) in [6.45, 7) is 3.81. The molecule has 0 spiro atoms. The Balaban J connectivity index is 2.76. The van der Waals surface area contributed by atoms with Crippen molar-refractivity contribution < 1.29 is 9.59 Å². The number of nitrogens with one attached hydrogen (secondary N) is 2. The lowest BCUT2D eigenvalue weighted by Crippen LogP contribution is -2.37. The molecule has 0 saturated carbocycles. The van der Waals surface area contributed by atoms with Crippen molar-refractivity contribution in [2.45, 2.75) is 13.8 Å². The maximum absolute atomic E-state index is 12.1. The van der Waals surface area contributed by atoms with Gasteiger partial charge in [0.05, 0.1) is 5.92 Å². The van der Waals surface area contributed by atoms with Crippen LogP contribution in [-0.4, -0.2) is 47.6 Å². The standard InChI is InChI=1S/C11H19N5O2/c1-6(10(17)13-3)5-16(4)11(18)8-7(2)14-15-9(8)12/h6H,5H2,1-4H3,(H,13,17)(H3,12,14,15). The Morgan fingerprint density at radius 2 is 2.17 bits per heavy atom. The van der Waals surface area contributed by atoms with Gasteiger partial charge < -0.3 is 16.0 Å². The number of H-pyrrole nitrogens is 1. The molecule has 0 aromatic carbocycles. The van der Waals surface area contributed by atoms with Crippen LogP contribution >= 0.6 is 0 Å². The molecule has 0 aliphatic rings. The van der Waals surface area contributed by atoms with Gasteiger partial charge in [-0.2, -0.15) is 5.10 Å². The van der Waals surface area contributed by atoms with E-state index in [2.05, 4.69) is 15.5 Å². The van der Waals surface area contributed by atoms with Crippen LogP contribution in [0.1, 0.15) is 23.0 Å². The van der Waals surface area contributed by atoms with Crippen LogP contribution < -0.4 is 11.1 Å². The van der Waals surface area contributed by atoms with E-state index < -0.39 is 0 Å². The molecule has 1 heterocycles. The zero-order valence-electron chi connectivity index (χ0n) is 11.1. The van der Waals surface area contributed by atoms with Crippen molar-refractivity contribution in [2.75, 3.05) is 26.4 Å². The van der Waals surface area contributed by atoms with E-state index in [0.29, 0.717) is 17.8 Å². The Hall–Kier alpha value is -2.05. The molecule has 18 heavy (non-hydrogen) atoms. The monoisotopic (exact) mass is 253 g/mol. The molecule has 0 fully saturated rings. The van der Waals surface area contributed by atoms with E-state index in [1.54, 1.807) is 27.9 Å². The second kappa shape index (κ2) is 5.52. The van der Waals surface area contributed by atoms with Crippen LogP contribution in [0.5, 0.6) is 0 Å². The molecule has 7 nitrogen and oxygen atoms in total. The minimum Gasteiger partial charge on any atom is -0.382 e. The highest BCUT2D eigenvalue weighted by Crippen LogP contribution is 2.15. The van der Waals surface area contributed by atoms with Crippen LogP contribution in [0.3, 0.4) is 0 Å². The zero-order chi connectivity index (χ0) is 13.9. The fraction of sp³-hybridized carbons (Fsp3) is 0.545. The molecule has 7 heteroatoms. The lowest BCUT2D eigenvalue weighted by Gasteiger charge is -2.20. The zero-order valence-corrected chi connectivity index (χ0v) is 11.1. The number of aromatic amines is 1. The summed E-state index contributed by atoms with van der Waals surface area (Å²) in [4.78, 5) is 25.0. The summed E-state index contributed by atoms with van der Waals surface area (Å²) in [5.74, 6) is -0.449. The van der Waals surface area contributed by atoms with E-state index in [1.807, 2.05) is 0 Å². The summed E-state index contributed by atoms with van der Waals surface area (Å²) in [7, 11) is 3.20. The smallest absolute Gasteiger partial charge is 0.259 e. The number of carbonyl (C=O) groups is 2. The Bertz CT molecular complexity index is 435. The molecule has 1 aromatic heterocycles. The normalized spacial score (nSPS) is 12.0. The van der Waals surface area contributed by atoms with Crippen molar-refractivity contribution in [3.05, 3.63) is 11.3 Å². The van der Waals surface area contributed by atoms with Crippen molar-refractivity contribution in [1.82, 2.24) is 20.4 Å². The first-order valence-electron chi connectivity index (χ1n) is 5.66. The molecule has 100 valence electrons. The topological polar surface area (TPSA) is 104 Å². The first-order chi connectivity index (χ1) is 8.38. The molecule has 0 aliphatic heterocycles. The largest absolute Gasteiger partial charge is 0.382 e. The lowest BCUT2D eigenvalue weighted by atomic mass is 10.1. The number of carbonyl (C=O) groups excluding carboxylic acids is 2. The molecule has 4 N–H and O–H groups in total. The third-order valence-corrected chi connectivity index (χ3v) is 2.78. The quantitative estimate of drug-likeness (QED) is 0.688. The molecular weight excluding hydrogens is 234 g/mol. The number of aromatic nitrogens is 2. The van der Waals surface area contributed by atoms with Gasteiger partial charge in [0.15, 0.2) is 5.82 Å². The average Bonchev–Trinajstić information content (AvgIpc) is 2.66. The van der Waals surface area contributed by atoms with Crippen LogP contribution in [0.2, 0.25) is 0 Å². The molecule has 1 atom stereocenters. The molecule has 0 aliphatic carbocycles. The van der Waals surface area contributed by atoms with Crippen LogP contribution in [0.4, 0.5) is 5.82 Å². The second-order valence-electron chi connectivity index (χ2n) is 4.31. The molecule has 2 amide bonds. The van der Waals surface area contributed by atoms with Crippen LogP contribution in [0, 0.1) is 12.8 Å². The van der Waals surface area contributed by atoms with Gasteiger partial charge in [-0.1, -0.05) is 6.92 Å². The number of rotatable bonds is 4. The number of anilines is 1. The summed E-state index contributed by atoms with van der Waals surface area (Å²) >= 11 is 0. The van der Waals surface area contributed by atoms with E-state index in [1.165, 1.54) is 4.90 Å². The molecular formula is C11H19N5O2. The fourth-order valence-corrected chi connectivity index (χ4v) is 1.73. The summed E-state index contributed by atoms with van der Waals surface area (Å²) in [5.41, 5.74) is 6.61. The van der Waals surface area contributed by atoms with Gasteiger partial charge >= 0.3 is 0 Å². The summed E-state index contributed by atoms with van der Waals surface area (Å²) in [5, 5.41) is 8.98. The van der Waals surface area contributed by atoms with Gasteiger partial charge in [-0.3, -0.25) is 14.7 Å².